The van der Waals surface area contributed by atoms with Crippen LogP contribution in [0, 0.1) is 6.07 Å². The Morgan fingerprint density at radius 2 is 2.07 bits per heavy atom. The van der Waals surface area contributed by atoms with Gasteiger partial charge in [-0.2, -0.15) is 0 Å². The number of halogens is 1. The van der Waals surface area contributed by atoms with Gasteiger partial charge in [0.1, 0.15) is 0 Å². The van der Waals surface area contributed by atoms with Gasteiger partial charge < -0.3 is 0 Å². The zero-order chi connectivity index (χ0) is 10.3. The summed E-state index contributed by atoms with van der Waals surface area (Å²) < 4.78 is 0. The Morgan fingerprint density at radius 1 is 1.20 bits per heavy atom. The number of hydrogen-bond acceptors (Lipinski definition) is 1. The van der Waals surface area contributed by atoms with Gasteiger partial charge in [0, 0.05) is 21.2 Å². The number of rotatable bonds is 0. The van der Waals surface area contributed by atoms with Crippen LogP contribution < -0.4 is 0 Å². The molecule has 0 fully saturated rings. The van der Waals surface area contributed by atoms with Crippen LogP contribution in [0.1, 0.15) is 11.1 Å². The van der Waals surface area contributed by atoms with E-state index in [2.05, 4.69) is 30.3 Å². The molecule has 0 saturated carbocycles. The van der Waals surface area contributed by atoms with Crippen LogP contribution in [0.15, 0.2) is 46.2 Å². The highest BCUT2D eigenvalue weighted by molar-refractivity contribution is 7.99. The van der Waals surface area contributed by atoms with Gasteiger partial charge >= 0.3 is 0 Å². The van der Waals surface area contributed by atoms with Crippen molar-refractivity contribution in [2.24, 2.45) is 0 Å². The van der Waals surface area contributed by atoms with Gasteiger partial charge in [0.15, 0.2) is 0 Å². The lowest BCUT2D eigenvalue weighted by atomic mass is 10.0. The summed E-state index contributed by atoms with van der Waals surface area (Å²) in [5.74, 6) is 0. The molecule has 0 aliphatic carbocycles. The number of hydrogen-bond donors (Lipinski definition) is 0. The molecule has 0 nitrogen and oxygen atoms in total. The predicted molar refractivity (Wildman–Crippen MR) is 63.7 cm³/mol. The third-order valence-corrected chi connectivity index (χ3v) is 4.10. The highest BCUT2D eigenvalue weighted by Gasteiger charge is 2.17. The van der Waals surface area contributed by atoms with Crippen molar-refractivity contribution in [3.63, 3.8) is 0 Å². The van der Waals surface area contributed by atoms with E-state index in [1.54, 1.807) is 11.8 Å². The third kappa shape index (κ3) is 1.56. The average Bonchev–Trinajstić information content (AvgIpc) is 2.27. The predicted octanol–water partition coefficient (Wildman–Crippen LogP) is 4.20. The van der Waals surface area contributed by atoms with E-state index in [-0.39, 0.29) is 0 Å². The summed E-state index contributed by atoms with van der Waals surface area (Å²) in [5.41, 5.74) is 2.57. The monoisotopic (exact) mass is 231 g/mol. The van der Waals surface area contributed by atoms with Crippen molar-refractivity contribution < 1.29 is 0 Å². The zero-order valence-electron chi connectivity index (χ0n) is 7.96. The zero-order valence-corrected chi connectivity index (χ0v) is 9.53. The molecule has 0 unspecified atom stereocenters. The van der Waals surface area contributed by atoms with Crippen molar-refractivity contribution in [1.82, 2.24) is 0 Å². The van der Waals surface area contributed by atoms with Crippen molar-refractivity contribution in [3.8, 4) is 0 Å². The highest BCUT2D eigenvalue weighted by atomic mass is 35.5. The second kappa shape index (κ2) is 3.58. The van der Waals surface area contributed by atoms with Crippen LogP contribution in [-0.2, 0) is 6.42 Å². The Balaban J connectivity index is 2.15. The number of fused-ring (bicyclic) bond motifs is 2. The van der Waals surface area contributed by atoms with Crippen molar-refractivity contribution in [3.05, 3.63) is 58.6 Å². The Kier molecular flexibility index (Phi) is 2.23. The summed E-state index contributed by atoms with van der Waals surface area (Å²) in [6.45, 7) is 0. The average molecular weight is 232 g/mol. The summed E-state index contributed by atoms with van der Waals surface area (Å²) in [5, 5.41) is 0.853. The third-order valence-electron chi connectivity index (χ3n) is 2.56. The lowest BCUT2D eigenvalue weighted by Gasteiger charge is -2.19. The molecular weight excluding hydrogens is 224 g/mol. The summed E-state index contributed by atoms with van der Waals surface area (Å²) in [6, 6.07) is 15.5. The van der Waals surface area contributed by atoms with Gasteiger partial charge in [-0.15, -0.1) is 0 Å². The van der Waals surface area contributed by atoms with E-state index >= 15 is 0 Å². The Morgan fingerprint density at radius 3 is 3.00 bits per heavy atom. The van der Waals surface area contributed by atoms with Gasteiger partial charge in [-0.3, -0.25) is 0 Å². The van der Waals surface area contributed by atoms with E-state index in [1.165, 1.54) is 20.9 Å². The van der Waals surface area contributed by atoms with Crippen LogP contribution in [0.25, 0.3) is 0 Å². The minimum absolute atomic E-state index is 0.853. The van der Waals surface area contributed by atoms with Gasteiger partial charge in [0.25, 0.3) is 0 Å². The molecule has 15 heavy (non-hydrogen) atoms. The molecule has 3 rings (SSSR count). The molecule has 0 saturated heterocycles. The summed E-state index contributed by atoms with van der Waals surface area (Å²) in [7, 11) is 0. The van der Waals surface area contributed by atoms with E-state index in [9.17, 15) is 0 Å². The minimum atomic E-state index is 0.853. The normalized spacial score (nSPS) is 13.1. The fourth-order valence-electron chi connectivity index (χ4n) is 1.79. The molecule has 73 valence electrons. The second-order valence-electron chi connectivity index (χ2n) is 3.52. The van der Waals surface area contributed by atoms with Crippen LogP contribution in [0.4, 0.5) is 0 Å². The van der Waals surface area contributed by atoms with Gasteiger partial charge in [0.05, 0.1) is 0 Å². The molecule has 0 spiro atoms. The molecule has 2 heteroatoms. The fourth-order valence-corrected chi connectivity index (χ4v) is 3.14. The van der Waals surface area contributed by atoms with Gasteiger partial charge in [0.2, 0.25) is 0 Å². The quantitative estimate of drug-likeness (QED) is 0.559. The molecule has 1 aliphatic rings. The fraction of sp³-hybridized carbons (Fsp3) is 0.0769. The van der Waals surface area contributed by atoms with Crippen LogP contribution in [0.3, 0.4) is 0 Å². The van der Waals surface area contributed by atoms with Crippen LogP contribution in [-0.4, -0.2) is 0 Å². The van der Waals surface area contributed by atoms with Crippen molar-refractivity contribution in [2.45, 2.75) is 16.2 Å². The first-order valence-electron chi connectivity index (χ1n) is 4.79. The smallest absolute Gasteiger partial charge is 0.0453 e. The highest BCUT2D eigenvalue weighted by Crippen LogP contribution is 2.41. The molecule has 0 amide bonds. The Labute approximate surface area is 98.3 Å². The lowest BCUT2D eigenvalue weighted by Crippen LogP contribution is -1.99. The first-order chi connectivity index (χ1) is 7.34. The first-order valence-corrected chi connectivity index (χ1v) is 5.99. The molecule has 0 aromatic heterocycles. The lowest BCUT2D eigenvalue weighted by molar-refractivity contribution is 1.05. The maximum atomic E-state index is 6.18. The van der Waals surface area contributed by atoms with Crippen LogP contribution in [0.5, 0.6) is 0 Å². The summed E-state index contributed by atoms with van der Waals surface area (Å²) >= 11 is 7.93. The van der Waals surface area contributed by atoms with Crippen molar-refractivity contribution in [2.75, 3.05) is 0 Å². The van der Waals surface area contributed by atoms with Gasteiger partial charge in [-0.05, 0) is 29.3 Å². The molecule has 1 radical (unpaired) electrons. The molecule has 0 bridgehead atoms. The van der Waals surface area contributed by atoms with E-state index in [0.717, 1.165) is 11.4 Å². The van der Waals surface area contributed by atoms with E-state index in [1.807, 2.05) is 12.1 Å². The molecule has 1 heterocycles. The summed E-state index contributed by atoms with van der Waals surface area (Å²) in [6.07, 6.45) is 0.925. The second-order valence-corrected chi connectivity index (χ2v) is 4.98. The maximum Gasteiger partial charge on any atom is 0.0453 e. The first kappa shape index (κ1) is 9.32. The van der Waals surface area contributed by atoms with Crippen LogP contribution in [0.2, 0.25) is 5.02 Å². The Hall–Kier alpha value is -0.920. The standard InChI is InChI=1S/C13H8ClS/c14-11-5-3-7-13-10(11)8-9-4-1-2-6-12(9)15-13/h1-6H,8H2. The van der Waals surface area contributed by atoms with E-state index in [0.29, 0.717) is 0 Å². The van der Waals surface area contributed by atoms with Crippen LogP contribution >= 0.6 is 23.4 Å². The Bertz CT molecular complexity index is 520. The largest absolute Gasteiger partial charge is 0.0888 e. The van der Waals surface area contributed by atoms with E-state index in [4.69, 9.17) is 11.6 Å². The maximum absolute atomic E-state index is 6.18. The van der Waals surface area contributed by atoms with Gasteiger partial charge in [-0.1, -0.05) is 47.6 Å². The molecule has 2 aromatic carbocycles. The molecule has 1 aliphatic heterocycles. The molecule has 0 N–H and O–H groups in total. The van der Waals surface area contributed by atoms with Crippen molar-refractivity contribution >= 4 is 23.4 Å². The topological polar surface area (TPSA) is 0 Å². The van der Waals surface area contributed by atoms with Crippen molar-refractivity contribution in [1.29, 1.82) is 0 Å². The van der Waals surface area contributed by atoms with Gasteiger partial charge in [-0.25, -0.2) is 0 Å². The molecular formula is C13H8ClS. The summed E-state index contributed by atoms with van der Waals surface area (Å²) in [4.78, 5) is 2.49. The molecule has 0 atom stereocenters. The van der Waals surface area contributed by atoms with E-state index < -0.39 is 0 Å². The number of benzene rings is 2. The molecule has 2 aromatic rings. The SMILES string of the molecule is Clc1cc[c]c2c1Cc1ccccc1S2. The minimum Gasteiger partial charge on any atom is -0.0888 e.